The second-order valence-electron chi connectivity index (χ2n) is 3.66. The van der Waals surface area contributed by atoms with Crippen molar-refractivity contribution in [3.8, 4) is 0 Å². The Morgan fingerprint density at radius 2 is 2.62 bits per heavy atom. The zero-order valence-electron chi connectivity index (χ0n) is 8.93. The smallest absolute Gasteiger partial charge is 0.197 e. The lowest BCUT2D eigenvalue weighted by atomic mass is 10.2. The largest absolute Gasteiger partial charge is 0.395 e. The molecule has 0 saturated carbocycles. The molecule has 0 aliphatic carbocycles. The topological polar surface area (TPSA) is 83.6 Å². The summed E-state index contributed by atoms with van der Waals surface area (Å²) in [4.78, 5) is 7.45. The van der Waals surface area contributed by atoms with Crippen LogP contribution < -0.4 is 11.3 Å². The van der Waals surface area contributed by atoms with Gasteiger partial charge in [-0.3, -0.25) is 10.3 Å². The van der Waals surface area contributed by atoms with Crippen molar-refractivity contribution in [1.29, 1.82) is 0 Å². The van der Waals surface area contributed by atoms with E-state index in [0.29, 0.717) is 11.7 Å². The molecular formula is C9H16N4O2S. The van der Waals surface area contributed by atoms with Gasteiger partial charge in [-0.1, -0.05) is 11.3 Å². The first-order chi connectivity index (χ1) is 7.83. The van der Waals surface area contributed by atoms with Crippen LogP contribution in [0.5, 0.6) is 0 Å². The number of aliphatic hydroxyl groups excluding tert-OH is 1. The van der Waals surface area contributed by atoms with Gasteiger partial charge in [-0.15, -0.1) is 0 Å². The fourth-order valence-electron chi connectivity index (χ4n) is 1.71. The summed E-state index contributed by atoms with van der Waals surface area (Å²) in [5.41, 5.74) is 2.52. The van der Waals surface area contributed by atoms with Crippen LogP contribution in [0.4, 0.5) is 5.13 Å². The Balaban J connectivity index is 1.96. The van der Waals surface area contributed by atoms with Crippen LogP contribution in [0.2, 0.25) is 0 Å². The zero-order chi connectivity index (χ0) is 11.4. The molecule has 1 aromatic rings. The average molecular weight is 244 g/mol. The molecule has 0 aromatic carbocycles. The number of nitrogens with two attached hydrogens (primary N) is 1. The van der Waals surface area contributed by atoms with Gasteiger partial charge < -0.3 is 9.84 Å². The number of anilines is 1. The molecule has 0 amide bonds. The number of thiazole rings is 1. The van der Waals surface area contributed by atoms with Crippen LogP contribution in [0.25, 0.3) is 0 Å². The molecule has 1 aliphatic rings. The van der Waals surface area contributed by atoms with Gasteiger partial charge >= 0.3 is 0 Å². The summed E-state index contributed by atoms with van der Waals surface area (Å²) in [6, 6.07) is 0.0881. The Hall–Kier alpha value is -0.730. The summed E-state index contributed by atoms with van der Waals surface area (Å²) < 4.78 is 5.32. The highest BCUT2D eigenvalue weighted by Gasteiger charge is 2.22. The number of nitrogens with zero attached hydrogens (tertiary/aromatic N) is 2. The van der Waals surface area contributed by atoms with Gasteiger partial charge in [0.15, 0.2) is 5.13 Å². The Morgan fingerprint density at radius 3 is 3.31 bits per heavy atom. The molecular weight excluding hydrogens is 228 g/mol. The minimum atomic E-state index is 0.0881. The standard InChI is InChI=1S/C9H16N4O2S/c10-12-9-11-3-8(16-9)4-13-1-2-15-6-7(13)5-14/h3,7,14H,1-2,4-6,10H2,(H,11,12). The number of hydrogen-bond donors (Lipinski definition) is 3. The van der Waals surface area contributed by atoms with E-state index in [-0.39, 0.29) is 12.6 Å². The number of hydrazine groups is 1. The molecule has 1 saturated heterocycles. The van der Waals surface area contributed by atoms with Gasteiger partial charge in [0, 0.05) is 24.2 Å². The Morgan fingerprint density at radius 1 is 1.75 bits per heavy atom. The highest BCUT2D eigenvalue weighted by Crippen LogP contribution is 2.20. The van der Waals surface area contributed by atoms with E-state index in [1.54, 1.807) is 0 Å². The molecule has 1 aromatic heterocycles. The van der Waals surface area contributed by atoms with Gasteiger partial charge in [-0.2, -0.15) is 0 Å². The van der Waals surface area contributed by atoms with Crippen molar-refractivity contribution < 1.29 is 9.84 Å². The maximum absolute atomic E-state index is 9.22. The molecule has 16 heavy (non-hydrogen) atoms. The summed E-state index contributed by atoms with van der Waals surface area (Å²) >= 11 is 1.53. The van der Waals surface area contributed by atoms with E-state index in [0.717, 1.165) is 24.6 Å². The molecule has 90 valence electrons. The van der Waals surface area contributed by atoms with Crippen LogP contribution in [0, 0.1) is 0 Å². The van der Waals surface area contributed by atoms with Crippen LogP contribution >= 0.6 is 11.3 Å². The lowest BCUT2D eigenvalue weighted by Gasteiger charge is -2.33. The molecule has 0 spiro atoms. The number of aliphatic hydroxyl groups is 1. The third-order valence-corrected chi connectivity index (χ3v) is 3.51. The molecule has 6 nitrogen and oxygen atoms in total. The van der Waals surface area contributed by atoms with Crippen molar-refractivity contribution in [2.45, 2.75) is 12.6 Å². The van der Waals surface area contributed by atoms with E-state index >= 15 is 0 Å². The van der Waals surface area contributed by atoms with Gasteiger partial charge in [0.2, 0.25) is 0 Å². The molecule has 1 unspecified atom stereocenters. The van der Waals surface area contributed by atoms with Gasteiger partial charge in [0.05, 0.1) is 25.9 Å². The zero-order valence-corrected chi connectivity index (χ0v) is 9.74. The van der Waals surface area contributed by atoms with Crippen LogP contribution in [0.15, 0.2) is 6.20 Å². The minimum absolute atomic E-state index is 0.0881. The second kappa shape index (κ2) is 5.55. The van der Waals surface area contributed by atoms with Gasteiger partial charge in [-0.25, -0.2) is 10.8 Å². The first kappa shape index (κ1) is 11.7. The molecule has 7 heteroatoms. The Kier molecular flexibility index (Phi) is 4.08. The quantitative estimate of drug-likeness (QED) is 0.495. The third kappa shape index (κ3) is 2.69. The number of aromatic nitrogens is 1. The van der Waals surface area contributed by atoms with Crippen molar-refractivity contribution in [3.05, 3.63) is 11.1 Å². The van der Waals surface area contributed by atoms with Crippen LogP contribution in [-0.4, -0.2) is 47.4 Å². The lowest BCUT2D eigenvalue weighted by Crippen LogP contribution is -2.46. The first-order valence-corrected chi connectivity index (χ1v) is 5.99. The van der Waals surface area contributed by atoms with Crippen LogP contribution in [0.1, 0.15) is 4.88 Å². The summed E-state index contributed by atoms with van der Waals surface area (Å²) in [6.45, 7) is 3.07. The predicted octanol–water partition coefficient (Wildman–Crippen LogP) is -0.378. The predicted molar refractivity (Wildman–Crippen MR) is 62.0 cm³/mol. The van der Waals surface area contributed by atoms with E-state index in [1.165, 1.54) is 11.3 Å². The van der Waals surface area contributed by atoms with E-state index < -0.39 is 0 Å². The minimum Gasteiger partial charge on any atom is -0.395 e. The van der Waals surface area contributed by atoms with E-state index in [1.807, 2.05) is 6.20 Å². The van der Waals surface area contributed by atoms with Crippen molar-refractivity contribution in [1.82, 2.24) is 9.88 Å². The van der Waals surface area contributed by atoms with Crippen molar-refractivity contribution in [3.63, 3.8) is 0 Å². The fourth-order valence-corrected chi connectivity index (χ4v) is 2.46. The summed E-state index contributed by atoms with van der Waals surface area (Å²) in [5, 5.41) is 9.94. The molecule has 1 fully saturated rings. The highest BCUT2D eigenvalue weighted by molar-refractivity contribution is 7.15. The molecule has 1 aliphatic heterocycles. The Bertz CT molecular complexity index is 333. The van der Waals surface area contributed by atoms with E-state index in [9.17, 15) is 5.11 Å². The van der Waals surface area contributed by atoms with Crippen molar-refractivity contribution in [2.75, 3.05) is 31.8 Å². The maximum Gasteiger partial charge on any atom is 0.197 e. The Labute approximate surface area is 98.0 Å². The molecule has 2 rings (SSSR count). The average Bonchev–Trinajstić information content (AvgIpc) is 2.77. The van der Waals surface area contributed by atoms with Gasteiger partial charge in [-0.05, 0) is 0 Å². The highest BCUT2D eigenvalue weighted by atomic mass is 32.1. The first-order valence-electron chi connectivity index (χ1n) is 5.17. The monoisotopic (exact) mass is 244 g/mol. The number of hydrogen-bond acceptors (Lipinski definition) is 7. The number of rotatable bonds is 4. The summed E-state index contributed by atoms with van der Waals surface area (Å²) in [7, 11) is 0. The van der Waals surface area contributed by atoms with Crippen LogP contribution in [-0.2, 0) is 11.3 Å². The van der Waals surface area contributed by atoms with Crippen molar-refractivity contribution >= 4 is 16.5 Å². The number of nitrogen functional groups attached to an aromatic ring is 1. The van der Waals surface area contributed by atoms with Crippen LogP contribution in [0.3, 0.4) is 0 Å². The molecule has 1 atom stereocenters. The number of morpholine rings is 1. The van der Waals surface area contributed by atoms with E-state index in [2.05, 4.69) is 15.3 Å². The maximum atomic E-state index is 9.22. The van der Waals surface area contributed by atoms with Gasteiger partial charge in [0.1, 0.15) is 0 Å². The second-order valence-corrected chi connectivity index (χ2v) is 4.77. The SMILES string of the molecule is NNc1ncc(CN2CCOCC2CO)s1. The molecule has 0 radical (unpaired) electrons. The molecule has 4 N–H and O–H groups in total. The molecule has 0 bridgehead atoms. The molecule has 2 heterocycles. The number of nitrogens with one attached hydrogen (secondary N) is 1. The third-order valence-electron chi connectivity index (χ3n) is 2.60. The number of ether oxygens (including phenoxy) is 1. The van der Waals surface area contributed by atoms with Crippen molar-refractivity contribution in [2.24, 2.45) is 5.84 Å². The normalized spacial score (nSPS) is 22.2. The summed E-state index contributed by atoms with van der Waals surface area (Å²) in [6.07, 6.45) is 1.81. The van der Waals surface area contributed by atoms with Gasteiger partial charge in [0.25, 0.3) is 0 Å². The van der Waals surface area contributed by atoms with E-state index in [4.69, 9.17) is 10.6 Å². The fraction of sp³-hybridized carbons (Fsp3) is 0.667. The lowest BCUT2D eigenvalue weighted by molar-refractivity contribution is -0.0308. The summed E-state index contributed by atoms with van der Waals surface area (Å²) in [5.74, 6) is 5.27.